The van der Waals surface area contributed by atoms with Crippen molar-refractivity contribution in [3.63, 3.8) is 0 Å². The van der Waals surface area contributed by atoms with Gasteiger partial charge in [0.1, 0.15) is 5.78 Å². The molecule has 0 aromatic heterocycles. The molecule has 0 aromatic carbocycles. The van der Waals surface area contributed by atoms with Gasteiger partial charge in [-0.05, 0) is 6.92 Å². The predicted octanol–water partition coefficient (Wildman–Crippen LogP) is 0.333. The molecule has 3 nitrogen and oxygen atoms in total. The van der Waals surface area contributed by atoms with Gasteiger partial charge in [0.05, 0.1) is 0 Å². The van der Waals surface area contributed by atoms with E-state index >= 15 is 0 Å². The Morgan fingerprint density at radius 3 is 1.75 bits per heavy atom. The van der Waals surface area contributed by atoms with Crippen LogP contribution in [0.2, 0.25) is 0 Å². The molecule has 0 aliphatic heterocycles. The topological polar surface area (TPSA) is 57.2 Å². The second kappa shape index (κ2) is 13.3. The first-order valence-electron chi connectivity index (χ1n) is 3.51. The van der Waals surface area contributed by atoms with E-state index in [1.54, 1.807) is 0 Å². The van der Waals surface area contributed by atoms with E-state index < -0.39 is 12.4 Å². The zero-order valence-corrected chi connectivity index (χ0v) is 8.67. The molecule has 0 fully saturated rings. The first-order chi connectivity index (χ1) is 5.04. The quantitative estimate of drug-likeness (QED) is 0.386. The summed E-state index contributed by atoms with van der Waals surface area (Å²) in [5.74, 6) is -1.69. The maximum absolute atomic E-state index is 9.83. The van der Waals surface area contributed by atoms with E-state index in [1.807, 2.05) is 0 Å². The van der Waals surface area contributed by atoms with Crippen LogP contribution in [0.3, 0.4) is 0 Å². The van der Waals surface area contributed by atoms with Gasteiger partial charge in [-0.15, -0.1) is 0 Å². The number of carboxylic acids is 1. The van der Waals surface area contributed by atoms with Crippen LogP contribution >= 0.6 is 0 Å². The molecule has 0 spiro atoms. The van der Waals surface area contributed by atoms with Crippen molar-refractivity contribution in [3.8, 4) is 0 Å². The number of unbranched alkanes of at least 4 members (excludes halogenated alkanes) is 1. The molecule has 0 amide bonds. The van der Waals surface area contributed by atoms with Gasteiger partial charge in [-0.25, -0.2) is 0 Å². The molecular formula is C8H14FeO3. The number of carbonyl (C=O) groups is 2. The van der Waals surface area contributed by atoms with Gasteiger partial charge >= 0.3 is 17.1 Å². The molecule has 4 heteroatoms. The second-order valence-electron chi connectivity index (χ2n) is 2.07. The molecule has 12 heavy (non-hydrogen) atoms. The number of ketones is 1. The zero-order valence-electron chi connectivity index (χ0n) is 7.57. The Hall–Kier alpha value is -0.341. The molecule has 0 N–H and O–H groups in total. The minimum absolute atomic E-state index is 0. The normalized spacial score (nSPS) is 7.25. The Bertz CT molecular complexity index is 109. The van der Waals surface area contributed by atoms with Crippen LogP contribution in [0, 0.1) is 6.42 Å². The molecule has 0 saturated heterocycles. The SMILES string of the molecule is CC(=O)CC(=O)[O-].C[CH-]CC.[Fe+2]. The van der Waals surface area contributed by atoms with Crippen LogP contribution in [0.25, 0.3) is 0 Å². The van der Waals surface area contributed by atoms with Gasteiger partial charge in [0, 0.05) is 12.4 Å². The van der Waals surface area contributed by atoms with Crippen LogP contribution in [-0.4, -0.2) is 11.8 Å². The number of Topliss-reactive ketones (excluding diaryl/α,β-unsaturated/α-hetero) is 1. The Labute approximate surface area is 84.0 Å². The maximum Gasteiger partial charge on any atom is 2.00 e. The van der Waals surface area contributed by atoms with Crippen LogP contribution in [0.5, 0.6) is 0 Å². The number of hydrogen-bond donors (Lipinski definition) is 0. The molecule has 0 unspecified atom stereocenters. The number of hydrogen-bond acceptors (Lipinski definition) is 3. The van der Waals surface area contributed by atoms with Crippen molar-refractivity contribution < 1.29 is 31.8 Å². The summed E-state index contributed by atoms with van der Waals surface area (Å²) in [6.07, 6.45) is 2.85. The Morgan fingerprint density at radius 2 is 1.75 bits per heavy atom. The third kappa shape index (κ3) is 33.4. The van der Waals surface area contributed by atoms with E-state index in [0.29, 0.717) is 0 Å². The van der Waals surface area contributed by atoms with Gasteiger partial charge in [-0.1, -0.05) is 6.92 Å². The Kier molecular flexibility index (Phi) is 19.5. The summed E-state index contributed by atoms with van der Waals surface area (Å²) in [6.45, 7) is 5.38. The fraction of sp³-hybridized carbons (Fsp3) is 0.625. The fourth-order valence-electron chi connectivity index (χ4n) is 0.203. The van der Waals surface area contributed by atoms with Crippen LogP contribution in [0.1, 0.15) is 33.6 Å². The summed E-state index contributed by atoms with van der Waals surface area (Å²) >= 11 is 0. The molecular weight excluding hydrogens is 200 g/mol. The third-order valence-electron chi connectivity index (χ3n) is 0.802. The summed E-state index contributed by atoms with van der Waals surface area (Å²) < 4.78 is 0. The minimum Gasteiger partial charge on any atom is -0.550 e. The molecule has 0 radical (unpaired) electrons. The number of rotatable bonds is 3. The molecule has 0 atom stereocenters. The molecule has 0 bridgehead atoms. The zero-order chi connectivity index (χ0) is 9.28. The van der Waals surface area contributed by atoms with Crippen molar-refractivity contribution in [1.29, 1.82) is 0 Å². The maximum atomic E-state index is 9.83. The van der Waals surface area contributed by atoms with Gasteiger partial charge < -0.3 is 16.3 Å². The smallest absolute Gasteiger partial charge is 0.550 e. The van der Waals surface area contributed by atoms with Crippen LogP contribution < -0.4 is 5.11 Å². The Morgan fingerprint density at radius 1 is 1.42 bits per heavy atom. The van der Waals surface area contributed by atoms with Gasteiger partial charge in [-0.3, -0.25) is 4.79 Å². The van der Waals surface area contributed by atoms with E-state index in [1.165, 1.54) is 13.3 Å². The number of carboxylic acid groups (broad SMARTS) is 1. The van der Waals surface area contributed by atoms with Crippen molar-refractivity contribution >= 4 is 11.8 Å². The molecule has 0 aliphatic carbocycles. The summed E-state index contributed by atoms with van der Waals surface area (Å²) in [4.78, 5) is 19.3. The van der Waals surface area contributed by atoms with Crippen molar-refractivity contribution in [3.05, 3.63) is 6.42 Å². The largest absolute Gasteiger partial charge is 2.00 e. The number of carbonyl (C=O) groups excluding carboxylic acids is 2. The van der Waals surface area contributed by atoms with Crippen LogP contribution in [0.15, 0.2) is 0 Å². The van der Waals surface area contributed by atoms with Crippen molar-refractivity contribution in [2.75, 3.05) is 0 Å². The summed E-state index contributed by atoms with van der Waals surface area (Å²) in [5, 5.41) is 9.48. The molecule has 0 saturated carbocycles. The van der Waals surface area contributed by atoms with E-state index in [9.17, 15) is 14.7 Å². The second-order valence-corrected chi connectivity index (χ2v) is 2.07. The van der Waals surface area contributed by atoms with Crippen molar-refractivity contribution in [1.82, 2.24) is 0 Å². The van der Waals surface area contributed by atoms with Crippen LogP contribution in [0.4, 0.5) is 0 Å². The molecule has 0 rings (SSSR count). The molecule has 0 aromatic rings. The van der Waals surface area contributed by atoms with Crippen molar-refractivity contribution in [2.45, 2.75) is 33.6 Å². The third-order valence-corrected chi connectivity index (χ3v) is 0.802. The van der Waals surface area contributed by atoms with E-state index in [-0.39, 0.29) is 22.9 Å². The predicted molar refractivity (Wildman–Crippen MR) is 40.6 cm³/mol. The average Bonchev–Trinajstić information content (AvgIpc) is 1.85. The molecule has 0 aliphatic rings. The van der Waals surface area contributed by atoms with Gasteiger partial charge in [-0.2, -0.15) is 13.3 Å². The van der Waals surface area contributed by atoms with Crippen molar-refractivity contribution in [2.24, 2.45) is 0 Å². The van der Waals surface area contributed by atoms with Gasteiger partial charge in [0.15, 0.2) is 0 Å². The summed E-state index contributed by atoms with van der Waals surface area (Å²) in [7, 11) is 0. The molecule has 72 valence electrons. The van der Waals surface area contributed by atoms with Gasteiger partial charge in [0.25, 0.3) is 0 Å². The van der Waals surface area contributed by atoms with E-state index in [2.05, 4.69) is 20.3 Å². The monoisotopic (exact) mass is 214 g/mol. The first kappa shape index (κ1) is 17.7. The summed E-state index contributed by atoms with van der Waals surface area (Å²) in [5.41, 5.74) is 0. The number of aliphatic carboxylic acids is 1. The summed E-state index contributed by atoms with van der Waals surface area (Å²) in [6, 6.07) is 0. The first-order valence-corrected chi connectivity index (χ1v) is 3.51. The van der Waals surface area contributed by atoms with E-state index in [0.717, 1.165) is 0 Å². The minimum atomic E-state index is -1.31. The van der Waals surface area contributed by atoms with E-state index in [4.69, 9.17) is 0 Å². The van der Waals surface area contributed by atoms with Crippen LogP contribution in [-0.2, 0) is 26.7 Å². The Balaban J connectivity index is -0.000000142. The average molecular weight is 214 g/mol. The standard InChI is InChI=1S/C4H6O3.C4H9.Fe/c1-3(5)2-4(6)7;1-3-4-2;/h2H2,1H3,(H,6,7);3H,4H2,1-2H3;/q;-1;+2/p-1. The van der Waals surface area contributed by atoms with Gasteiger partial charge in [0.2, 0.25) is 0 Å². The fourth-order valence-corrected chi connectivity index (χ4v) is 0.203. The molecule has 0 heterocycles.